The van der Waals surface area contributed by atoms with Crippen molar-refractivity contribution >= 4 is 11.6 Å². The summed E-state index contributed by atoms with van der Waals surface area (Å²) in [4.78, 5) is 4.66. The summed E-state index contributed by atoms with van der Waals surface area (Å²) in [6.07, 6.45) is 8.27. The highest BCUT2D eigenvalue weighted by Crippen LogP contribution is 2.42. The van der Waals surface area contributed by atoms with Crippen LogP contribution in [0.3, 0.4) is 0 Å². The molecule has 1 aromatic heterocycles. The van der Waals surface area contributed by atoms with Gasteiger partial charge < -0.3 is 4.52 Å². The van der Waals surface area contributed by atoms with Crippen molar-refractivity contribution in [2.45, 2.75) is 57.3 Å². The molecule has 0 radical (unpaired) electrons. The Labute approximate surface area is 165 Å². The van der Waals surface area contributed by atoms with Crippen molar-refractivity contribution in [2.24, 2.45) is 0 Å². The van der Waals surface area contributed by atoms with Crippen LogP contribution in [0.15, 0.2) is 53.1 Å². The van der Waals surface area contributed by atoms with E-state index in [2.05, 4.69) is 40.5 Å². The van der Waals surface area contributed by atoms with E-state index in [0.29, 0.717) is 16.7 Å². The van der Waals surface area contributed by atoms with Gasteiger partial charge >= 0.3 is 0 Å². The van der Waals surface area contributed by atoms with Crippen LogP contribution in [0.4, 0.5) is 0 Å². The van der Waals surface area contributed by atoms with Crippen molar-refractivity contribution < 1.29 is 4.52 Å². The fourth-order valence-electron chi connectivity index (χ4n) is 4.35. The van der Waals surface area contributed by atoms with Gasteiger partial charge in [-0.1, -0.05) is 72.4 Å². The van der Waals surface area contributed by atoms with Crippen molar-refractivity contribution in [1.29, 1.82) is 0 Å². The molecule has 1 aliphatic carbocycles. The van der Waals surface area contributed by atoms with Crippen molar-refractivity contribution in [2.75, 3.05) is 0 Å². The van der Waals surface area contributed by atoms with Crippen molar-refractivity contribution in [3.8, 4) is 11.4 Å². The summed E-state index contributed by atoms with van der Waals surface area (Å²) in [6.45, 7) is 2.04. The molecule has 0 bridgehead atoms. The topological polar surface area (TPSA) is 38.9 Å². The number of benzene rings is 2. The van der Waals surface area contributed by atoms with Crippen LogP contribution in [0.1, 0.15) is 55.5 Å². The number of rotatable bonds is 5. The Bertz CT molecular complexity index is 898. The standard InChI is InChI=1S/C23H25ClN2O/c1-17-10-11-19(24)16-20(17)22-25-21(27-26-22)12-15-23(13-6-3-7-14-23)18-8-4-2-5-9-18/h2,4-5,8-11,16H,3,6-7,12-15H2,1H3. The first kappa shape index (κ1) is 18.2. The van der Waals surface area contributed by atoms with Gasteiger partial charge in [-0.15, -0.1) is 0 Å². The zero-order valence-electron chi connectivity index (χ0n) is 15.7. The van der Waals surface area contributed by atoms with Gasteiger partial charge in [-0.25, -0.2) is 0 Å². The van der Waals surface area contributed by atoms with Crippen molar-refractivity contribution in [3.05, 3.63) is 70.6 Å². The molecular weight excluding hydrogens is 356 g/mol. The lowest BCUT2D eigenvalue weighted by atomic mass is 9.67. The third-order valence-electron chi connectivity index (χ3n) is 5.92. The smallest absolute Gasteiger partial charge is 0.226 e. The van der Waals surface area contributed by atoms with Crippen LogP contribution < -0.4 is 0 Å². The number of hydrogen-bond acceptors (Lipinski definition) is 3. The number of hydrogen-bond donors (Lipinski definition) is 0. The molecule has 0 spiro atoms. The summed E-state index contributed by atoms with van der Waals surface area (Å²) in [6, 6.07) is 16.7. The maximum absolute atomic E-state index is 6.14. The van der Waals surface area contributed by atoms with Crippen LogP contribution in [-0.4, -0.2) is 10.1 Å². The van der Waals surface area contributed by atoms with E-state index in [1.54, 1.807) is 0 Å². The molecule has 1 fully saturated rings. The predicted molar refractivity (Wildman–Crippen MR) is 109 cm³/mol. The van der Waals surface area contributed by atoms with E-state index in [0.717, 1.165) is 24.0 Å². The third kappa shape index (κ3) is 3.93. The van der Waals surface area contributed by atoms with E-state index >= 15 is 0 Å². The highest BCUT2D eigenvalue weighted by Gasteiger charge is 2.33. The summed E-state index contributed by atoms with van der Waals surface area (Å²) in [7, 11) is 0. The number of halogens is 1. The summed E-state index contributed by atoms with van der Waals surface area (Å²) in [5.74, 6) is 1.34. The SMILES string of the molecule is Cc1ccc(Cl)cc1-c1noc(CCC2(c3ccccc3)CCCCC2)n1. The molecule has 3 nitrogen and oxygen atoms in total. The minimum atomic E-state index is 0.236. The summed E-state index contributed by atoms with van der Waals surface area (Å²) >= 11 is 6.14. The van der Waals surface area contributed by atoms with Crippen LogP contribution in [0.25, 0.3) is 11.4 Å². The van der Waals surface area contributed by atoms with Crippen LogP contribution in [0.5, 0.6) is 0 Å². The molecule has 4 rings (SSSR count). The average molecular weight is 381 g/mol. The van der Waals surface area contributed by atoms with E-state index in [9.17, 15) is 0 Å². The second kappa shape index (κ2) is 7.85. The van der Waals surface area contributed by atoms with Crippen LogP contribution in [0, 0.1) is 6.92 Å². The van der Waals surface area contributed by atoms with Crippen molar-refractivity contribution in [1.82, 2.24) is 10.1 Å². The molecule has 2 aromatic carbocycles. The van der Waals surface area contributed by atoms with Gasteiger partial charge in [-0.3, -0.25) is 0 Å². The van der Waals surface area contributed by atoms with E-state index in [4.69, 9.17) is 16.1 Å². The normalized spacial score (nSPS) is 16.4. The van der Waals surface area contributed by atoms with E-state index in [1.807, 2.05) is 25.1 Å². The Morgan fingerprint density at radius 3 is 2.59 bits per heavy atom. The predicted octanol–water partition coefficient (Wildman–Crippen LogP) is 6.53. The Balaban J connectivity index is 1.54. The quantitative estimate of drug-likeness (QED) is 0.504. The second-order valence-corrected chi connectivity index (χ2v) is 8.11. The monoisotopic (exact) mass is 380 g/mol. The van der Waals surface area contributed by atoms with Crippen LogP contribution in [0.2, 0.25) is 5.02 Å². The summed E-state index contributed by atoms with van der Waals surface area (Å²) < 4.78 is 5.58. The van der Waals surface area contributed by atoms with Crippen molar-refractivity contribution in [3.63, 3.8) is 0 Å². The van der Waals surface area contributed by atoms with E-state index < -0.39 is 0 Å². The molecule has 4 heteroatoms. The fourth-order valence-corrected chi connectivity index (χ4v) is 4.52. The molecule has 0 N–H and O–H groups in total. The number of aryl methyl sites for hydroxylation is 2. The number of aromatic nitrogens is 2. The summed E-state index contributed by atoms with van der Waals surface area (Å²) in [5, 5.41) is 4.89. The Morgan fingerprint density at radius 1 is 1.04 bits per heavy atom. The average Bonchev–Trinajstić information content (AvgIpc) is 3.18. The molecule has 0 atom stereocenters. The first-order chi connectivity index (χ1) is 13.2. The molecule has 27 heavy (non-hydrogen) atoms. The maximum atomic E-state index is 6.14. The molecule has 1 saturated carbocycles. The van der Waals surface area contributed by atoms with Gasteiger partial charge in [0.1, 0.15) is 0 Å². The molecule has 0 aliphatic heterocycles. The van der Waals surface area contributed by atoms with Crippen LogP contribution >= 0.6 is 11.6 Å². The van der Waals surface area contributed by atoms with E-state index in [1.165, 1.54) is 37.7 Å². The third-order valence-corrected chi connectivity index (χ3v) is 6.16. The molecule has 0 unspecified atom stereocenters. The highest BCUT2D eigenvalue weighted by atomic mass is 35.5. The molecule has 1 heterocycles. The lowest BCUT2D eigenvalue weighted by molar-refractivity contribution is 0.261. The Morgan fingerprint density at radius 2 is 1.81 bits per heavy atom. The lowest BCUT2D eigenvalue weighted by Crippen LogP contribution is -2.29. The van der Waals surface area contributed by atoms with Gasteiger partial charge in [0.15, 0.2) is 0 Å². The highest BCUT2D eigenvalue weighted by molar-refractivity contribution is 6.30. The largest absolute Gasteiger partial charge is 0.339 e. The minimum absolute atomic E-state index is 0.236. The minimum Gasteiger partial charge on any atom is -0.339 e. The van der Waals surface area contributed by atoms with Gasteiger partial charge in [0.2, 0.25) is 11.7 Å². The molecule has 3 aromatic rings. The molecule has 0 amide bonds. The maximum Gasteiger partial charge on any atom is 0.226 e. The lowest BCUT2D eigenvalue weighted by Gasteiger charge is -2.38. The Hall–Kier alpha value is -2.13. The van der Waals surface area contributed by atoms with Gasteiger partial charge in [-0.2, -0.15) is 4.98 Å². The molecule has 0 saturated heterocycles. The first-order valence-electron chi connectivity index (χ1n) is 9.81. The molecule has 1 aliphatic rings. The first-order valence-corrected chi connectivity index (χ1v) is 10.2. The fraction of sp³-hybridized carbons (Fsp3) is 0.391. The zero-order chi connectivity index (χ0) is 18.7. The van der Waals surface area contributed by atoms with Gasteiger partial charge in [-0.05, 0) is 54.9 Å². The number of nitrogens with zero attached hydrogens (tertiary/aromatic N) is 2. The van der Waals surface area contributed by atoms with Gasteiger partial charge in [0.05, 0.1) is 0 Å². The molecular formula is C23H25ClN2O. The summed E-state index contributed by atoms with van der Waals surface area (Å²) in [5.41, 5.74) is 3.72. The van der Waals surface area contributed by atoms with Crippen LogP contribution in [-0.2, 0) is 11.8 Å². The molecule has 140 valence electrons. The van der Waals surface area contributed by atoms with E-state index in [-0.39, 0.29) is 5.41 Å². The second-order valence-electron chi connectivity index (χ2n) is 7.68. The van der Waals surface area contributed by atoms with Gasteiger partial charge in [0, 0.05) is 17.0 Å². The zero-order valence-corrected chi connectivity index (χ0v) is 16.5. The Kier molecular flexibility index (Phi) is 5.31. The van der Waals surface area contributed by atoms with Gasteiger partial charge in [0.25, 0.3) is 0 Å².